The van der Waals surface area contributed by atoms with E-state index in [4.69, 9.17) is 0 Å². The summed E-state index contributed by atoms with van der Waals surface area (Å²) in [6.45, 7) is 0. The highest BCUT2D eigenvalue weighted by molar-refractivity contribution is 7.90. The van der Waals surface area contributed by atoms with Crippen LogP contribution in [0.3, 0.4) is 0 Å². The molecule has 1 aliphatic heterocycles. The van der Waals surface area contributed by atoms with Gasteiger partial charge < -0.3 is 5.32 Å². The zero-order valence-corrected chi connectivity index (χ0v) is 12.1. The van der Waals surface area contributed by atoms with Crippen LogP contribution in [0.5, 0.6) is 0 Å². The van der Waals surface area contributed by atoms with E-state index in [0.29, 0.717) is 0 Å². The minimum atomic E-state index is -3.32. The minimum absolute atomic E-state index is 0.111. The van der Waals surface area contributed by atoms with Gasteiger partial charge in [0.2, 0.25) is 11.8 Å². The fourth-order valence-corrected chi connectivity index (χ4v) is 2.56. The third-order valence-electron chi connectivity index (χ3n) is 3.09. The number of piperidine rings is 1. The zero-order valence-electron chi connectivity index (χ0n) is 11.3. The average Bonchev–Trinajstić information content (AvgIpc) is 2.41. The summed E-state index contributed by atoms with van der Waals surface area (Å²) in [6, 6.07) is 4.64. The number of carbonyl (C=O) groups is 3. The van der Waals surface area contributed by atoms with Crippen LogP contribution in [0.25, 0.3) is 0 Å². The van der Waals surface area contributed by atoms with Crippen LogP contribution in [0.15, 0.2) is 29.2 Å². The normalized spacial score (nSPS) is 19.0. The molecule has 112 valence electrons. The summed E-state index contributed by atoms with van der Waals surface area (Å²) in [5, 5.41) is 4.65. The molecule has 1 unspecified atom stereocenters. The van der Waals surface area contributed by atoms with Crippen molar-refractivity contribution in [3.8, 4) is 0 Å². The predicted molar refractivity (Wildman–Crippen MR) is 73.2 cm³/mol. The van der Waals surface area contributed by atoms with Gasteiger partial charge in [0.15, 0.2) is 9.84 Å². The summed E-state index contributed by atoms with van der Waals surface area (Å²) in [5.41, 5.74) is 0.243. The SMILES string of the molecule is CS(=O)(=O)c1ccc(C(=O)NC2CCC(=O)NC2=O)cc1. The number of amides is 3. The second-order valence-electron chi connectivity index (χ2n) is 4.77. The van der Waals surface area contributed by atoms with Crippen LogP contribution < -0.4 is 10.6 Å². The summed E-state index contributed by atoms with van der Waals surface area (Å²) < 4.78 is 22.6. The molecule has 1 heterocycles. The van der Waals surface area contributed by atoms with Gasteiger partial charge in [0, 0.05) is 18.2 Å². The maximum absolute atomic E-state index is 12.0. The van der Waals surface area contributed by atoms with Crippen molar-refractivity contribution in [1.29, 1.82) is 0 Å². The summed E-state index contributed by atoms with van der Waals surface area (Å²) in [6.07, 6.45) is 1.49. The first-order chi connectivity index (χ1) is 9.77. The molecule has 0 radical (unpaired) electrons. The van der Waals surface area contributed by atoms with Crippen molar-refractivity contribution in [2.24, 2.45) is 0 Å². The van der Waals surface area contributed by atoms with Gasteiger partial charge in [-0.15, -0.1) is 0 Å². The van der Waals surface area contributed by atoms with Crippen molar-refractivity contribution in [3.63, 3.8) is 0 Å². The molecule has 1 saturated heterocycles. The number of nitrogens with one attached hydrogen (secondary N) is 2. The maximum atomic E-state index is 12.0. The van der Waals surface area contributed by atoms with Crippen LogP contribution in [0, 0.1) is 0 Å². The maximum Gasteiger partial charge on any atom is 0.251 e. The Morgan fingerprint density at radius 2 is 1.86 bits per heavy atom. The van der Waals surface area contributed by atoms with Crippen molar-refractivity contribution >= 4 is 27.6 Å². The lowest BCUT2D eigenvalue weighted by Crippen LogP contribution is -2.52. The van der Waals surface area contributed by atoms with Gasteiger partial charge in [-0.25, -0.2) is 8.42 Å². The summed E-state index contributed by atoms with van der Waals surface area (Å²) in [4.78, 5) is 34.6. The number of hydrogen-bond acceptors (Lipinski definition) is 5. The topological polar surface area (TPSA) is 109 Å². The number of rotatable bonds is 3. The molecule has 8 heteroatoms. The molecule has 21 heavy (non-hydrogen) atoms. The molecule has 1 aromatic rings. The van der Waals surface area contributed by atoms with E-state index >= 15 is 0 Å². The standard InChI is InChI=1S/C13H14N2O5S/c1-21(19,20)9-4-2-8(3-5-9)12(17)14-10-6-7-11(16)15-13(10)18/h2-5,10H,6-7H2,1H3,(H,14,17)(H,15,16,18). The van der Waals surface area contributed by atoms with E-state index in [-0.39, 0.29) is 29.2 Å². The monoisotopic (exact) mass is 310 g/mol. The van der Waals surface area contributed by atoms with Crippen LogP contribution in [0.1, 0.15) is 23.2 Å². The Hall–Kier alpha value is -2.22. The molecule has 7 nitrogen and oxygen atoms in total. The van der Waals surface area contributed by atoms with Crippen molar-refractivity contribution in [1.82, 2.24) is 10.6 Å². The molecule has 1 aliphatic rings. The van der Waals surface area contributed by atoms with E-state index in [1.165, 1.54) is 24.3 Å². The van der Waals surface area contributed by atoms with E-state index in [0.717, 1.165) is 6.26 Å². The number of imide groups is 1. The van der Waals surface area contributed by atoms with Gasteiger partial charge in [0.05, 0.1) is 4.90 Å². The summed E-state index contributed by atoms with van der Waals surface area (Å²) in [7, 11) is -3.32. The van der Waals surface area contributed by atoms with Crippen LogP contribution >= 0.6 is 0 Å². The third kappa shape index (κ3) is 3.66. The van der Waals surface area contributed by atoms with Crippen molar-refractivity contribution in [2.45, 2.75) is 23.8 Å². The molecular weight excluding hydrogens is 296 g/mol. The highest BCUT2D eigenvalue weighted by Crippen LogP contribution is 2.11. The van der Waals surface area contributed by atoms with E-state index in [9.17, 15) is 22.8 Å². The van der Waals surface area contributed by atoms with Crippen molar-refractivity contribution < 1.29 is 22.8 Å². The predicted octanol–water partition coefficient (Wildman–Crippen LogP) is -0.375. The average molecular weight is 310 g/mol. The molecule has 3 amide bonds. The molecule has 1 aromatic carbocycles. The molecule has 2 rings (SSSR count). The summed E-state index contributed by atoms with van der Waals surface area (Å²) in [5.74, 6) is -1.39. The largest absolute Gasteiger partial charge is 0.340 e. The van der Waals surface area contributed by atoms with Gasteiger partial charge >= 0.3 is 0 Å². The first kappa shape index (κ1) is 15.2. The van der Waals surface area contributed by atoms with E-state index in [2.05, 4.69) is 10.6 Å². The third-order valence-corrected chi connectivity index (χ3v) is 4.22. The van der Waals surface area contributed by atoms with Crippen molar-refractivity contribution in [3.05, 3.63) is 29.8 Å². The van der Waals surface area contributed by atoms with Crippen LogP contribution in [0.4, 0.5) is 0 Å². The lowest BCUT2D eigenvalue weighted by Gasteiger charge is -2.21. The second kappa shape index (κ2) is 5.65. The quantitative estimate of drug-likeness (QED) is 0.740. The van der Waals surface area contributed by atoms with Gasteiger partial charge in [-0.3, -0.25) is 19.7 Å². The molecule has 1 atom stereocenters. The minimum Gasteiger partial charge on any atom is -0.340 e. The van der Waals surface area contributed by atoms with Gasteiger partial charge in [-0.05, 0) is 30.7 Å². The molecule has 2 N–H and O–H groups in total. The Morgan fingerprint density at radius 3 is 2.38 bits per heavy atom. The molecule has 0 saturated carbocycles. The first-order valence-corrected chi connectivity index (χ1v) is 8.11. The Kier molecular flexibility index (Phi) is 4.08. The van der Waals surface area contributed by atoms with E-state index in [1.807, 2.05) is 0 Å². The van der Waals surface area contributed by atoms with Gasteiger partial charge in [-0.2, -0.15) is 0 Å². The fourth-order valence-electron chi connectivity index (χ4n) is 1.93. The molecule has 1 fully saturated rings. The van der Waals surface area contributed by atoms with Gasteiger partial charge in [0.25, 0.3) is 5.91 Å². The molecular formula is C13H14N2O5S. The van der Waals surface area contributed by atoms with Crippen LogP contribution in [-0.2, 0) is 19.4 Å². The highest BCUT2D eigenvalue weighted by atomic mass is 32.2. The number of carbonyl (C=O) groups excluding carboxylic acids is 3. The molecule has 0 bridgehead atoms. The number of benzene rings is 1. The van der Waals surface area contributed by atoms with E-state index < -0.39 is 27.7 Å². The molecule has 0 spiro atoms. The first-order valence-electron chi connectivity index (χ1n) is 6.22. The number of hydrogen-bond donors (Lipinski definition) is 2. The number of sulfone groups is 1. The smallest absolute Gasteiger partial charge is 0.251 e. The van der Waals surface area contributed by atoms with Crippen molar-refractivity contribution in [2.75, 3.05) is 6.26 Å². The lowest BCUT2D eigenvalue weighted by atomic mass is 10.1. The Morgan fingerprint density at radius 1 is 1.24 bits per heavy atom. The van der Waals surface area contributed by atoms with E-state index in [1.54, 1.807) is 0 Å². The fraction of sp³-hybridized carbons (Fsp3) is 0.308. The second-order valence-corrected chi connectivity index (χ2v) is 6.79. The lowest BCUT2D eigenvalue weighted by molar-refractivity contribution is -0.134. The van der Waals surface area contributed by atoms with Gasteiger partial charge in [-0.1, -0.05) is 0 Å². The van der Waals surface area contributed by atoms with Crippen LogP contribution in [-0.4, -0.2) is 38.4 Å². The van der Waals surface area contributed by atoms with Crippen LogP contribution in [0.2, 0.25) is 0 Å². The Balaban J connectivity index is 2.07. The zero-order chi connectivity index (χ0) is 15.6. The Bertz CT molecular complexity index is 694. The molecule has 0 aliphatic carbocycles. The summed E-state index contributed by atoms with van der Waals surface area (Å²) >= 11 is 0. The van der Waals surface area contributed by atoms with Gasteiger partial charge in [0.1, 0.15) is 6.04 Å². The molecule has 0 aromatic heterocycles. The Labute approximate surface area is 121 Å². The highest BCUT2D eigenvalue weighted by Gasteiger charge is 2.28.